The predicted molar refractivity (Wildman–Crippen MR) is 254 cm³/mol. The molecule has 1 amide bonds. The van der Waals surface area contributed by atoms with Gasteiger partial charge in [-0.15, -0.1) is 0 Å². The first-order valence-electron chi connectivity index (χ1n) is 22.0. The molecule has 8 rings (SSSR count). The first kappa shape index (κ1) is 45.0. The molecule has 0 radical (unpaired) electrons. The van der Waals surface area contributed by atoms with Crippen molar-refractivity contribution in [1.29, 1.82) is 0 Å². The third kappa shape index (κ3) is 9.92. The van der Waals surface area contributed by atoms with E-state index in [1.165, 1.54) is 33.0 Å². The standard InChI is InChI=1S/C52H54N4O8S/c1-34-31-56(50(58)55-49(34)57)48-30-45(54-47(65)20-8-5-13-29-53-51(59)62-32-44-42-18-11-9-16-40(42)41-17-10-12-19-43(41)44)46(64-48)33-63-52(35-14-6-4-7-15-35,36-21-25-38(60-2)26-22-36)37-23-27-39(61-3)28-24-37/h4,6-7,9-12,14-19,21-28,31,44-46,48H,5,8,13,20,29-30,32-33H2,1-3H3,(H,53,59)(H,54,65)(H,55,57,58)/t45-,46+,48+/m0/s1. The SMILES string of the molecule is COc1ccc(C(OC[C@H]2O[C@@H](n3cc(C)c(=O)[nH]c3=O)C[C@@H]2NC(=S)CCCCCNC(=O)OCC2c3ccccc3-c3ccccc32)(c2ccccc2)c2ccc(OC)cc2)cc1. The van der Waals surface area contributed by atoms with Gasteiger partial charge in [-0.25, -0.2) is 9.59 Å². The number of unbranched alkanes of at least 4 members (excludes halogenated alkanes) is 2. The number of alkyl carbamates (subject to hydrolysis) is 1. The van der Waals surface area contributed by atoms with E-state index in [-0.39, 0.29) is 25.2 Å². The minimum atomic E-state index is -1.11. The molecule has 1 fully saturated rings. The Hall–Kier alpha value is -6.54. The minimum absolute atomic E-state index is 0.00327. The van der Waals surface area contributed by atoms with E-state index in [9.17, 15) is 14.4 Å². The number of nitrogens with one attached hydrogen (secondary N) is 3. The van der Waals surface area contributed by atoms with E-state index in [0.29, 0.717) is 41.4 Å². The van der Waals surface area contributed by atoms with Crippen LogP contribution in [0, 0.1) is 6.92 Å². The second-order valence-corrected chi connectivity index (χ2v) is 16.9. The number of nitrogens with zero attached hydrogens (tertiary/aromatic N) is 1. The van der Waals surface area contributed by atoms with E-state index in [1.54, 1.807) is 21.1 Å². The fraction of sp³-hybridized carbons (Fsp3) is 0.308. The van der Waals surface area contributed by atoms with E-state index in [4.69, 9.17) is 35.9 Å². The Kier molecular flexibility index (Phi) is 14.2. The summed E-state index contributed by atoms with van der Waals surface area (Å²) in [7, 11) is 3.26. The van der Waals surface area contributed by atoms with Crippen LogP contribution in [0.25, 0.3) is 11.1 Å². The molecule has 2 heterocycles. The minimum Gasteiger partial charge on any atom is -0.497 e. The summed E-state index contributed by atoms with van der Waals surface area (Å²) in [6, 6.07) is 41.8. The number of carbonyl (C=O) groups excluding carboxylic acids is 1. The molecule has 65 heavy (non-hydrogen) atoms. The van der Waals surface area contributed by atoms with Crippen molar-refractivity contribution in [2.45, 2.75) is 68.9 Å². The predicted octanol–water partition coefficient (Wildman–Crippen LogP) is 8.54. The molecule has 0 bridgehead atoms. The van der Waals surface area contributed by atoms with Crippen LogP contribution in [-0.4, -0.2) is 66.8 Å². The Morgan fingerprint density at radius 2 is 1.35 bits per heavy atom. The third-order valence-corrected chi connectivity index (χ3v) is 12.7. The monoisotopic (exact) mass is 894 g/mol. The Morgan fingerprint density at radius 1 is 0.769 bits per heavy atom. The Morgan fingerprint density at radius 3 is 1.97 bits per heavy atom. The highest BCUT2D eigenvalue weighted by molar-refractivity contribution is 7.80. The fourth-order valence-electron chi connectivity index (χ4n) is 9.00. The topological polar surface area (TPSA) is 142 Å². The summed E-state index contributed by atoms with van der Waals surface area (Å²) >= 11 is 5.92. The van der Waals surface area contributed by atoms with Gasteiger partial charge in [0, 0.05) is 30.6 Å². The highest BCUT2D eigenvalue weighted by atomic mass is 32.1. The molecule has 12 nitrogen and oxygen atoms in total. The van der Waals surface area contributed by atoms with Crippen LogP contribution in [0.1, 0.15) is 77.6 Å². The number of aryl methyl sites for hydroxylation is 1. The summed E-state index contributed by atoms with van der Waals surface area (Å²) in [6.07, 6.45) is 3.19. The zero-order chi connectivity index (χ0) is 45.3. The molecule has 1 aliphatic carbocycles. The van der Waals surface area contributed by atoms with Crippen molar-refractivity contribution in [1.82, 2.24) is 20.2 Å². The van der Waals surface area contributed by atoms with Gasteiger partial charge in [0.05, 0.1) is 31.9 Å². The maximum absolute atomic E-state index is 13.1. The molecule has 0 spiro atoms. The van der Waals surface area contributed by atoms with Crippen molar-refractivity contribution in [3.63, 3.8) is 0 Å². The average molecular weight is 895 g/mol. The van der Waals surface area contributed by atoms with E-state index in [0.717, 1.165) is 36.0 Å². The van der Waals surface area contributed by atoms with E-state index >= 15 is 0 Å². The summed E-state index contributed by atoms with van der Waals surface area (Å²) in [4.78, 5) is 41.3. The molecular formula is C52H54N4O8S. The van der Waals surface area contributed by atoms with Crippen LogP contribution < -0.4 is 31.4 Å². The first-order chi connectivity index (χ1) is 31.7. The zero-order valence-corrected chi connectivity index (χ0v) is 37.6. The molecule has 3 atom stereocenters. The quantitative estimate of drug-likeness (QED) is 0.0437. The summed E-state index contributed by atoms with van der Waals surface area (Å²) in [5.74, 6) is 1.42. The number of H-pyrrole nitrogens is 1. The van der Waals surface area contributed by atoms with Crippen molar-refractivity contribution in [3.8, 4) is 22.6 Å². The molecule has 2 aliphatic rings. The number of carbonyl (C=O) groups is 1. The molecule has 6 aromatic rings. The molecule has 1 aliphatic heterocycles. The third-order valence-electron chi connectivity index (χ3n) is 12.4. The van der Waals surface area contributed by atoms with Gasteiger partial charge in [-0.3, -0.25) is 14.3 Å². The van der Waals surface area contributed by atoms with Gasteiger partial charge in [0.25, 0.3) is 5.56 Å². The largest absolute Gasteiger partial charge is 0.497 e. The van der Waals surface area contributed by atoms with Crippen molar-refractivity contribution in [2.75, 3.05) is 34.0 Å². The number of hydrogen-bond donors (Lipinski definition) is 3. The number of aromatic amines is 1. The molecule has 1 aromatic heterocycles. The van der Waals surface area contributed by atoms with Gasteiger partial charge in [0.2, 0.25) is 0 Å². The van der Waals surface area contributed by atoms with E-state index in [2.05, 4.69) is 39.9 Å². The van der Waals surface area contributed by atoms with Crippen LogP contribution in [0.2, 0.25) is 0 Å². The van der Waals surface area contributed by atoms with E-state index in [1.807, 2.05) is 103 Å². The second kappa shape index (κ2) is 20.5. The summed E-state index contributed by atoms with van der Waals surface area (Å²) < 4.78 is 32.1. The maximum atomic E-state index is 13.1. The molecule has 3 N–H and O–H groups in total. The molecular weight excluding hydrogens is 841 g/mol. The molecule has 13 heteroatoms. The molecule has 336 valence electrons. The number of rotatable bonds is 18. The Bertz CT molecular complexity index is 2610. The van der Waals surface area contributed by atoms with E-state index < -0.39 is 35.3 Å². The van der Waals surface area contributed by atoms with Gasteiger partial charge >= 0.3 is 11.8 Å². The summed E-state index contributed by atoms with van der Waals surface area (Å²) in [5.41, 5.74) is 5.63. The second-order valence-electron chi connectivity index (χ2n) is 16.4. The fourth-order valence-corrected chi connectivity index (χ4v) is 9.29. The summed E-state index contributed by atoms with van der Waals surface area (Å²) in [6.45, 7) is 2.50. The number of benzene rings is 5. The number of amides is 1. The highest BCUT2D eigenvalue weighted by Gasteiger charge is 2.43. The lowest BCUT2D eigenvalue weighted by Crippen LogP contribution is -2.44. The smallest absolute Gasteiger partial charge is 0.407 e. The molecule has 5 aromatic carbocycles. The number of aromatic nitrogens is 2. The number of hydrogen-bond acceptors (Lipinski definition) is 9. The van der Waals surface area contributed by atoms with Crippen molar-refractivity contribution < 1.29 is 28.5 Å². The average Bonchev–Trinajstić information content (AvgIpc) is 3.89. The Labute approximate surface area is 383 Å². The normalized spacial score (nSPS) is 16.6. The Balaban J connectivity index is 0.924. The van der Waals surface area contributed by atoms with Gasteiger partial charge in [-0.1, -0.05) is 122 Å². The first-order valence-corrected chi connectivity index (χ1v) is 22.4. The lowest BCUT2D eigenvalue weighted by molar-refractivity contribution is -0.0805. The van der Waals surface area contributed by atoms with Crippen LogP contribution in [0.3, 0.4) is 0 Å². The van der Waals surface area contributed by atoms with Gasteiger partial charge in [0.15, 0.2) is 0 Å². The lowest BCUT2D eigenvalue weighted by Gasteiger charge is -2.37. The molecule has 0 saturated carbocycles. The number of thiocarbonyl (C=S) groups is 1. The van der Waals surface area contributed by atoms with Crippen LogP contribution in [0.4, 0.5) is 4.79 Å². The van der Waals surface area contributed by atoms with Crippen LogP contribution in [-0.2, 0) is 19.8 Å². The summed E-state index contributed by atoms with van der Waals surface area (Å²) in [5, 5.41) is 6.45. The molecule has 1 saturated heterocycles. The van der Waals surface area contributed by atoms with Crippen molar-refractivity contribution in [2.24, 2.45) is 0 Å². The maximum Gasteiger partial charge on any atom is 0.407 e. The van der Waals surface area contributed by atoms with Gasteiger partial charge in [0.1, 0.15) is 36.0 Å². The number of methoxy groups -OCH3 is 2. The van der Waals surface area contributed by atoms with Gasteiger partial charge < -0.3 is 34.3 Å². The number of ether oxygens (including phenoxy) is 5. The van der Waals surface area contributed by atoms with Crippen molar-refractivity contribution in [3.05, 3.63) is 188 Å². The van der Waals surface area contributed by atoms with Crippen LogP contribution in [0.15, 0.2) is 143 Å². The molecule has 0 unspecified atom stereocenters. The zero-order valence-electron chi connectivity index (χ0n) is 36.8. The lowest BCUT2D eigenvalue weighted by atomic mass is 9.80. The van der Waals surface area contributed by atoms with Crippen LogP contribution >= 0.6 is 12.2 Å². The number of fused-ring (bicyclic) bond motifs is 3. The highest BCUT2D eigenvalue weighted by Crippen LogP contribution is 2.45. The van der Waals surface area contributed by atoms with Gasteiger partial charge in [-0.2, -0.15) is 0 Å². The van der Waals surface area contributed by atoms with Crippen molar-refractivity contribution >= 4 is 23.3 Å². The van der Waals surface area contributed by atoms with Crippen LogP contribution in [0.5, 0.6) is 11.5 Å². The van der Waals surface area contributed by atoms with Gasteiger partial charge in [-0.05, 0) is 89.4 Å².